The molecule has 0 radical (unpaired) electrons. The quantitative estimate of drug-likeness (QED) is 0.385. The van der Waals surface area contributed by atoms with Crippen molar-refractivity contribution in [2.75, 3.05) is 26.9 Å². The Balaban J connectivity index is 2.99. The van der Waals surface area contributed by atoms with Crippen LogP contribution in [0.4, 0.5) is 4.79 Å². The Morgan fingerprint density at radius 3 is 2.24 bits per heavy atom. The molecule has 0 aliphatic heterocycles. The van der Waals surface area contributed by atoms with Crippen molar-refractivity contribution >= 4 is 12.0 Å². The highest BCUT2D eigenvalue weighted by Crippen LogP contribution is 2.23. The van der Waals surface area contributed by atoms with Crippen LogP contribution in [-0.2, 0) is 25.5 Å². The van der Waals surface area contributed by atoms with Crippen LogP contribution < -0.4 is 15.4 Å². The van der Waals surface area contributed by atoms with Gasteiger partial charge in [0.1, 0.15) is 12.4 Å². The molecule has 0 heterocycles. The van der Waals surface area contributed by atoms with Gasteiger partial charge >= 0.3 is 6.09 Å². The molecule has 2 N–H and O–H groups in total. The molecular formula is C21H32N2O6. The van der Waals surface area contributed by atoms with Crippen LogP contribution in [0.25, 0.3) is 0 Å². The summed E-state index contributed by atoms with van der Waals surface area (Å²) in [4.78, 5) is 25.2. The summed E-state index contributed by atoms with van der Waals surface area (Å²) in [7, 11) is 1.59. The van der Waals surface area contributed by atoms with E-state index in [9.17, 15) is 9.59 Å². The highest BCUT2D eigenvalue weighted by atomic mass is 16.7. The van der Waals surface area contributed by atoms with E-state index < -0.39 is 23.8 Å². The number of ether oxygens (including phenoxy) is 4. The maximum Gasteiger partial charge on any atom is 0.407 e. The van der Waals surface area contributed by atoms with Crippen LogP contribution >= 0.6 is 0 Å². The van der Waals surface area contributed by atoms with E-state index in [1.807, 2.05) is 31.2 Å². The van der Waals surface area contributed by atoms with Gasteiger partial charge in [0.15, 0.2) is 0 Å². The molecule has 0 saturated heterocycles. The summed E-state index contributed by atoms with van der Waals surface area (Å²) in [6.45, 7) is 9.60. The number of carbonyl (C=O) groups excluding carboxylic acids is 2. The fraction of sp³-hybridized carbons (Fsp3) is 0.524. The number of methoxy groups -OCH3 is 1. The van der Waals surface area contributed by atoms with Crippen LogP contribution in [0.5, 0.6) is 5.75 Å². The third kappa shape index (κ3) is 7.07. The lowest BCUT2D eigenvalue weighted by Crippen LogP contribution is -2.63. The van der Waals surface area contributed by atoms with Gasteiger partial charge in [0, 0.05) is 19.8 Å². The van der Waals surface area contributed by atoms with Gasteiger partial charge in [-0.15, -0.1) is 0 Å². The summed E-state index contributed by atoms with van der Waals surface area (Å²) in [5, 5.41) is 5.51. The van der Waals surface area contributed by atoms with E-state index in [1.165, 1.54) is 6.08 Å². The Labute approximate surface area is 172 Å². The van der Waals surface area contributed by atoms with Gasteiger partial charge < -0.3 is 29.6 Å². The Hall–Kier alpha value is -2.58. The van der Waals surface area contributed by atoms with Crippen molar-refractivity contribution < 1.29 is 28.5 Å². The van der Waals surface area contributed by atoms with Crippen molar-refractivity contribution in [3.05, 3.63) is 42.5 Å². The molecular weight excluding hydrogens is 376 g/mol. The van der Waals surface area contributed by atoms with Gasteiger partial charge in [-0.25, -0.2) is 4.79 Å². The molecule has 0 aliphatic rings. The minimum absolute atomic E-state index is 0.0577. The van der Waals surface area contributed by atoms with Crippen molar-refractivity contribution in [3.8, 4) is 5.75 Å². The predicted octanol–water partition coefficient (Wildman–Crippen LogP) is 2.77. The molecule has 0 aromatic heterocycles. The summed E-state index contributed by atoms with van der Waals surface area (Å²) >= 11 is 0. The second kappa shape index (κ2) is 12.8. The smallest absolute Gasteiger partial charge is 0.407 e. The maximum atomic E-state index is 13.1. The number of alkyl carbamates (subject to hydrolysis) is 1. The lowest BCUT2D eigenvalue weighted by atomic mass is 10.0. The monoisotopic (exact) mass is 408 g/mol. The number of benzene rings is 1. The Morgan fingerprint density at radius 1 is 1.14 bits per heavy atom. The SMILES string of the molecule is C=CCOC(=O)NC(CC)C(OCC)(OCC)C(=O)NCc1ccc(OC)cc1. The fourth-order valence-corrected chi connectivity index (χ4v) is 2.79. The average molecular weight is 408 g/mol. The lowest BCUT2D eigenvalue weighted by molar-refractivity contribution is -0.240. The van der Waals surface area contributed by atoms with Crippen molar-refractivity contribution in [1.29, 1.82) is 0 Å². The molecule has 1 aromatic rings. The van der Waals surface area contributed by atoms with E-state index in [2.05, 4.69) is 17.2 Å². The summed E-state index contributed by atoms with van der Waals surface area (Å²) in [5.74, 6) is -1.43. The molecule has 1 aromatic carbocycles. The number of hydrogen-bond acceptors (Lipinski definition) is 6. The minimum Gasteiger partial charge on any atom is -0.497 e. The molecule has 162 valence electrons. The fourth-order valence-electron chi connectivity index (χ4n) is 2.79. The van der Waals surface area contributed by atoms with Crippen LogP contribution in [0.1, 0.15) is 32.8 Å². The zero-order valence-corrected chi connectivity index (χ0v) is 17.7. The molecule has 0 aliphatic carbocycles. The summed E-state index contributed by atoms with van der Waals surface area (Å²) in [6, 6.07) is 6.57. The van der Waals surface area contributed by atoms with E-state index in [0.29, 0.717) is 6.42 Å². The van der Waals surface area contributed by atoms with E-state index in [0.717, 1.165) is 11.3 Å². The topological polar surface area (TPSA) is 95.1 Å². The number of rotatable bonds is 13. The second-order valence-electron chi connectivity index (χ2n) is 6.06. The first-order valence-corrected chi connectivity index (χ1v) is 9.70. The molecule has 0 fully saturated rings. The second-order valence-corrected chi connectivity index (χ2v) is 6.06. The normalized spacial score (nSPS) is 12.0. The van der Waals surface area contributed by atoms with Crippen LogP contribution in [0, 0.1) is 0 Å². The Morgan fingerprint density at radius 2 is 1.76 bits per heavy atom. The third-order valence-electron chi connectivity index (χ3n) is 4.14. The van der Waals surface area contributed by atoms with Crippen molar-refractivity contribution in [1.82, 2.24) is 10.6 Å². The van der Waals surface area contributed by atoms with Crippen LogP contribution in [-0.4, -0.2) is 50.8 Å². The zero-order chi connectivity index (χ0) is 21.7. The predicted molar refractivity (Wildman–Crippen MR) is 110 cm³/mol. The molecule has 0 saturated carbocycles. The van der Waals surface area contributed by atoms with Crippen LogP contribution in [0.15, 0.2) is 36.9 Å². The Kier molecular flexibility index (Phi) is 10.8. The molecule has 2 amide bonds. The first-order chi connectivity index (χ1) is 14.0. The standard InChI is InChI=1S/C21H32N2O6/c1-6-14-27-20(25)23-18(7-2)21(28-8-3,29-9-4)19(24)22-15-16-10-12-17(26-5)13-11-16/h6,10-13,18H,1,7-9,14-15H2,2-5H3,(H,22,24)(H,23,25). The lowest BCUT2D eigenvalue weighted by Gasteiger charge is -2.38. The molecule has 8 nitrogen and oxygen atoms in total. The van der Waals surface area contributed by atoms with Gasteiger partial charge in [-0.05, 0) is 38.0 Å². The number of amides is 2. The molecule has 1 unspecified atom stereocenters. The largest absolute Gasteiger partial charge is 0.497 e. The number of hydrogen-bond donors (Lipinski definition) is 2. The number of nitrogens with one attached hydrogen (secondary N) is 2. The Bertz CT molecular complexity index is 641. The van der Waals surface area contributed by atoms with Gasteiger partial charge in [-0.2, -0.15) is 0 Å². The molecule has 1 atom stereocenters. The first-order valence-electron chi connectivity index (χ1n) is 9.70. The van der Waals surface area contributed by atoms with Crippen LogP contribution in [0.2, 0.25) is 0 Å². The minimum atomic E-state index is -1.68. The van der Waals surface area contributed by atoms with E-state index in [4.69, 9.17) is 18.9 Å². The van der Waals surface area contributed by atoms with Crippen molar-refractivity contribution in [2.45, 2.75) is 45.6 Å². The van der Waals surface area contributed by atoms with Crippen molar-refractivity contribution in [2.24, 2.45) is 0 Å². The average Bonchev–Trinajstić information content (AvgIpc) is 2.74. The van der Waals surface area contributed by atoms with Gasteiger partial charge in [0.05, 0.1) is 13.2 Å². The van der Waals surface area contributed by atoms with E-state index in [1.54, 1.807) is 21.0 Å². The van der Waals surface area contributed by atoms with Gasteiger partial charge in [-0.1, -0.05) is 31.7 Å². The molecule has 0 bridgehead atoms. The first kappa shape index (κ1) is 24.5. The van der Waals surface area contributed by atoms with E-state index >= 15 is 0 Å². The third-order valence-corrected chi connectivity index (χ3v) is 4.14. The number of carbonyl (C=O) groups is 2. The van der Waals surface area contributed by atoms with E-state index in [-0.39, 0.29) is 26.4 Å². The molecule has 1 rings (SSSR count). The zero-order valence-electron chi connectivity index (χ0n) is 17.7. The van der Waals surface area contributed by atoms with Gasteiger partial charge in [-0.3, -0.25) is 4.79 Å². The van der Waals surface area contributed by atoms with Crippen molar-refractivity contribution in [3.63, 3.8) is 0 Å². The highest BCUT2D eigenvalue weighted by Gasteiger charge is 2.48. The molecule has 29 heavy (non-hydrogen) atoms. The highest BCUT2D eigenvalue weighted by molar-refractivity contribution is 5.85. The molecule has 8 heteroatoms. The van der Waals surface area contributed by atoms with Crippen LogP contribution in [0.3, 0.4) is 0 Å². The van der Waals surface area contributed by atoms with Gasteiger partial charge in [0.2, 0.25) is 0 Å². The summed E-state index contributed by atoms with van der Waals surface area (Å²) in [5.41, 5.74) is 0.882. The summed E-state index contributed by atoms with van der Waals surface area (Å²) in [6.07, 6.45) is 1.17. The summed E-state index contributed by atoms with van der Waals surface area (Å²) < 4.78 is 21.7. The van der Waals surface area contributed by atoms with Gasteiger partial charge in [0.25, 0.3) is 11.7 Å². The maximum absolute atomic E-state index is 13.1. The molecule has 0 spiro atoms.